The predicted molar refractivity (Wildman–Crippen MR) is 49.1 cm³/mol. The fourth-order valence-corrected chi connectivity index (χ4v) is 1.56. The largest absolute Gasteiger partial charge is 0.317 e. The molecule has 0 bridgehead atoms. The summed E-state index contributed by atoms with van der Waals surface area (Å²) in [5, 5.41) is 6.57. The summed E-state index contributed by atoms with van der Waals surface area (Å²) in [6, 6.07) is 0. The molecule has 0 aliphatic heterocycles. The highest BCUT2D eigenvalue weighted by molar-refractivity contribution is 7.09. The number of aromatic nitrogens is 1. The molecule has 62 valence electrons. The van der Waals surface area contributed by atoms with E-state index in [2.05, 4.69) is 22.6 Å². The quantitative estimate of drug-likeness (QED) is 0.694. The van der Waals surface area contributed by atoms with Crippen LogP contribution in [0.25, 0.3) is 0 Å². The molecule has 0 amide bonds. The van der Waals surface area contributed by atoms with E-state index in [-0.39, 0.29) is 0 Å². The van der Waals surface area contributed by atoms with Crippen molar-refractivity contribution in [2.75, 3.05) is 13.1 Å². The molecule has 1 rings (SSSR count). The molecule has 0 aromatic carbocycles. The molecular weight excluding hydrogens is 156 g/mol. The highest BCUT2D eigenvalue weighted by Crippen LogP contribution is 2.07. The van der Waals surface area contributed by atoms with Gasteiger partial charge in [0.2, 0.25) is 0 Å². The van der Waals surface area contributed by atoms with E-state index >= 15 is 0 Å². The molecule has 2 nitrogen and oxygen atoms in total. The SMILES string of the molecule is CCNCCc1csc(C)n1. The molecule has 0 atom stereocenters. The third-order valence-corrected chi connectivity index (χ3v) is 2.30. The standard InChI is InChI=1S/C8H14N2S/c1-3-9-5-4-8-6-11-7(2)10-8/h6,9H,3-5H2,1-2H3. The molecular formula is C8H14N2S. The average Bonchev–Trinajstić information content (AvgIpc) is 2.37. The molecule has 0 aliphatic rings. The smallest absolute Gasteiger partial charge is 0.0897 e. The minimum absolute atomic E-state index is 1.04. The van der Waals surface area contributed by atoms with E-state index in [1.165, 1.54) is 5.69 Å². The Hall–Kier alpha value is -0.410. The van der Waals surface area contributed by atoms with Crippen LogP contribution in [0.4, 0.5) is 0 Å². The maximum Gasteiger partial charge on any atom is 0.0897 e. The van der Waals surface area contributed by atoms with Crippen molar-refractivity contribution in [1.29, 1.82) is 0 Å². The van der Waals surface area contributed by atoms with Gasteiger partial charge in [-0.15, -0.1) is 11.3 Å². The fourth-order valence-electron chi connectivity index (χ4n) is 0.916. The molecule has 0 fully saturated rings. The lowest BCUT2D eigenvalue weighted by Crippen LogP contribution is -2.16. The van der Waals surface area contributed by atoms with Crippen LogP contribution in [0.5, 0.6) is 0 Å². The lowest BCUT2D eigenvalue weighted by Gasteiger charge is -1.96. The first-order valence-electron chi connectivity index (χ1n) is 3.94. The number of aryl methyl sites for hydroxylation is 1. The van der Waals surface area contributed by atoms with Crippen molar-refractivity contribution in [2.24, 2.45) is 0 Å². The Balaban J connectivity index is 2.27. The lowest BCUT2D eigenvalue weighted by molar-refractivity contribution is 0.709. The Labute approximate surface area is 71.7 Å². The van der Waals surface area contributed by atoms with Gasteiger partial charge in [0.05, 0.1) is 10.7 Å². The van der Waals surface area contributed by atoms with E-state index in [0.29, 0.717) is 0 Å². The van der Waals surface area contributed by atoms with Crippen LogP contribution in [0.15, 0.2) is 5.38 Å². The van der Waals surface area contributed by atoms with Gasteiger partial charge < -0.3 is 5.32 Å². The van der Waals surface area contributed by atoms with Gasteiger partial charge in [-0.25, -0.2) is 4.98 Å². The van der Waals surface area contributed by atoms with Crippen LogP contribution in [0.2, 0.25) is 0 Å². The van der Waals surface area contributed by atoms with Crippen molar-refractivity contribution < 1.29 is 0 Å². The molecule has 0 unspecified atom stereocenters. The number of hydrogen-bond acceptors (Lipinski definition) is 3. The van der Waals surface area contributed by atoms with E-state index in [4.69, 9.17) is 0 Å². The maximum absolute atomic E-state index is 4.36. The van der Waals surface area contributed by atoms with Crippen molar-refractivity contribution >= 4 is 11.3 Å². The first-order valence-corrected chi connectivity index (χ1v) is 4.82. The Kier molecular flexibility index (Phi) is 3.52. The Morgan fingerprint density at radius 3 is 3.00 bits per heavy atom. The highest BCUT2D eigenvalue weighted by Gasteiger charge is 1.95. The normalized spacial score (nSPS) is 10.4. The monoisotopic (exact) mass is 170 g/mol. The van der Waals surface area contributed by atoms with E-state index in [1.807, 2.05) is 6.92 Å². The summed E-state index contributed by atoms with van der Waals surface area (Å²) < 4.78 is 0. The minimum Gasteiger partial charge on any atom is -0.317 e. The number of rotatable bonds is 4. The summed E-state index contributed by atoms with van der Waals surface area (Å²) in [4.78, 5) is 4.36. The van der Waals surface area contributed by atoms with Gasteiger partial charge in [0.15, 0.2) is 0 Å². The summed E-state index contributed by atoms with van der Waals surface area (Å²) in [7, 11) is 0. The Bertz CT molecular complexity index is 208. The minimum atomic E-state index is 1.04. The van der Waals surface area contributed by atoms with E-state index < -0.39 is 0 Å². The molecule has 0 saturated carbocycles. The van der Waals surface area contributed by atoms with Crippen LogP contribution in [0.3, 0.4) is 0 Å². The molecule has 1 aromatic rings. The van der Waals surface area contributed by atoms with Gasteiger partial charge in [-0.1, -0.05) is 6.92 Å². The summed E-state index contributed by atoms with van der Waals surface area (Å²) in [5.74, 6) is 0. The van der Waals surface area contributed by atoms with Gasteiger partial charge in [0.25, 0.3) is 0 Å². The molecule has 0 radical (unpaired) electrons. The summed E-state index contributed by atoms with van der Waals surface area (Å²) in [6.45, 7) is 6.25. The van der Waals surface area contributed by atoms with Crippen molar-refractivity contribution in [3.05, 3.63) is 16.1 Å². The maximum atomic E-state index is 4.36. The molecule has 0 aliphatic carbocycles. The number of nitrogens with one attached hydrogen (secondary N) is 1. The summed E-state index contributed by atoms with van der Waals surface area (Å²) >= 11 is 1.72. The third kappa shape index (κ3) is 2.99. The molecule has 1 N–H and O–H groups in total. The molecule has 11 heavy (non-hydrogen) atoms. The molecule has 1 heterocycles. The van der Waals surface area contributed by atoms with Crippen LogP contribution in [0.1, 0.15) is 17.6 Å². The van der Waals surface area contributed by atoms with Crippen molar-refractivity contribution in [2.45, 2.75) is 20.3 Å². The zero-order valence-corrected chi connectivity index (χ0v) is 7.87. The van der Waals surface area contributed by atoms with Gasteiger partial charge in [-0.3, -0.25) is 0 Å². The second-order valence-corrected chi connectivity index (χ2v) is 3.52. The van der Waals surface area contributed by atoms with E-state index in [1.54, 1.807) is 11.3 Å². The van der Waals surface area contributed by atoms with E-state index in [9.17, 15) is 0 Å². The highest BCUT2D eigenvalue weighted by atomic mass is 32.1. The summed E-state index contributed by atoms with van der Waals surface area (Å²) in [6.07, 6.45) is 1.05. The summed E-state index contributed by atoms with van der Waals surface area (Å²) in [5.41, 5.74) is 1.22. The molecule has 1 aromatic heterocycles. The zero-order chi connectivity index (χ0) is 8.10. The first kappa shape index (κ1) is 8.68. The Morgan fingerprint density at radius 1 is 1.64 bits per heavy atom. The van der Waals surface area contributed by atoms with E-state index in [0.717, 1.165) is 24.5 Å². The fraction of sp³-hybridized carbons (Fsp3) is 0.625. The van der Waals surface area contributed by atoms with Gasteiger partial charge in [-0.05, 0) is 13.5 Å². The molecule has 0 spiro atoms. The van der Waals surface area contributed by atoms with Crippen LogP contribution in [-0.4, -0.2) is 18.1 Å². The van der Waals surface area contributed by atoms with Gasteiger partial charge in [-0.2, -0.15) is 0 Å². The predicted octanol–water partition coefficient (Wildman–Crippen LogP) is 1.60. The Morgan fingerprint density at radius 2 is 2.45 bits per heavy atom. The van der Waals surface area contributed by atoms with Crippen LogP contribution in [-0.2, 0) is 6.42 Å². The molecule has 0 saturated heterocycles. The van der Waals surface area contributed by atoms with Crippen molar-refractivity contribution in [1.82, 2.24) is 10.3 Å². The molecule has 3 heteroatoms. The van der Waals surface area contributed by atoms with Crippen molar-refractivity contribution in [3.8, 4) is 0 Å². The van der Waals surface area contributed by atoms with Crippen LogP contribution in [0, 0.1) is 6.92 Å². The third-order valence-electron chi connectivity index (χ3n) is 1.47. The van der Waals surface area contributed by atoms with Gasteiger partial charge >= 0.3 is 0 Å². The lowest BCUT2D eigenvalue weighted by atomic mass is 10.3. The average molecular weight is 170 g/mol. The van der Waals surface area contributed by atoms with Crippen LogP contribution >= 0.6 is 11.3 Å². The number of nitrogens with zero attached hydrogens (tertiary/aromatic N) is 1. The zero-order valence-electron chi connectivity index (χ0n) is 7.05. The number of thiazole rings is 1. The van der Waals surface area contributed by atoms with Crippen LogP contribution < -0.4 is 5.32 Å². The van der Waals surface area contributed by atoms with Crippen molar-refractivity contribution in [3.63, 3.8) is 0 Å². The second-order valence-electron chi connectivity index (χ2n) is 2.46. The second kappa shape index (κ2) is 4.46. The topological polar surface area (TPSA) is 24.9 Å². The number of likely N-dealkylation sites (N-methyl/N-ethyl adjacent to an activating group) is 1. The van der Waals surface area contributed by atoms with Gasteiger partial charge in [0.1, 0.15) is 0 Å². The first-order chi connectivity index (χ1) is 5.33. The number of hydrogen-bond donors (Lipinski definition) is 1. The van der Waals surface area contributed by atoms with Gasteiger partial charge in [0, 0.05) is 18.3 Å².